The Bertz CT molecular complexity index is 721. The smallest absolute Gasteiger partial charge is 0.257 e. The third kappa shape index (κ3) is 4.58. The van der Waals surface area contributed by atoms with Crippen LogP contribution in [-0.2, 0) is 0 Å². The van der Waals surface area contributed by atoms with Crippen LogP contribution in [0.1, 0.15) is 24.2 Å². The van der Waals surface area contributed by atoms with Crippen LogP contribution in [-0.4, -0.2) is 25.4 Å². The fourth-order valence-electron chi connectivity index (χ4n) is 2.14. The highest BCUT2D eigenvalue weighted by atomic mass is 35.5. The number of nitrogens with one attached hydrogen (secondary N) is 1. The number of carbonyl (C=O) groups is 1. The van der Waals surface area contributed by atoms with Crippen molar-refractivity contribution < 1.29 is 14.3 Å². The van der Waals surface area contributed by atoms with Crippen LogP contribution in [0, 0.1) is 0 Å². The van der Waals surface area contributed by atoms with E-state index in [0.29, 0.717) is 41.0 Å². The molecule has 4 nitrogen and oxygen atoms in total. The Balaban J connectivity index is 2.31. The number of carbonyl (C=O) groups excluding carboxylic acids is 1. The average molecular weight is 366 g/mol. The van der Waals surface area contributed by atoms with Crippen molar-refractivity contribution in [1.82, 2.24) is 0 Å². The maximum atomic E-state index is 12.6. The van der Waals surface area contributed by atoms with E-state index in [1.807, 2.05) is 32.2 Å². The van der Waals surface area contributed by atoms with E-state index in [1.165, 1.54) is 0 Å². The second-order valence-corrected chi connectivity index (χ2v) is 6.11. The van der Waals surface area contributed by atoms with Crippen molar-refractivity contribution in [2.45, 2.75) is 18.7 Å². The molecule has 0 unspecified atom stereocenters. The summed E-state index contributed by atoms with van der Waals surface area (Å²) >= 11 is 7.72. The SMILES string of the molecule is CCOc1ccc(OCC)c(NC(=O)c2cc(SC)ccc2Cl)c1. The van der Waals surface area contributed by atoms with E-state index in [4.69, 9.17) is 21.1 Å². The van der Waals surface area contributed by atoms with Gasteiger partial charge in [-0.15, -0.1) is 11.8 Å². The zero-order valence-electron chi connectivity index (χ0n) is 13.9. The van der Waals surface area contributed by atoms with Gasteiger partial charge in [0.05, 0.1) is 29.5 Å². The molecule has 1 amide bonds. The molecule has 0 aromatic heterocycles. The summed E-state index contributed by atoms with van der Waals surface area (Å²) in [6, 6.07) is 10.7. The predicted octanol–water partition coefficient (Wildman–Crippen LogP) is 5.11. The molecular formula is C18H20ClNO3S. The number of hydrogen-bond acceptors (Lipinski definition) is 4. The van der Waals surface area contributed by atoms with Crippen molar-refractivity contribution in [1.29, 1.82) is 0 Å². The van der Waals surface area contributed by atoms with Crippen LogP contribution in [0.5, 0.6) is 11.5 Å². The topological polar surface area (TPSA) is 47.6 Å². The normalized spacial score (nSPS) is 10.3. The first-order chi connectivity index (χ1) is 11.6. The molecule has 0 saturated heterocycles. The van der Waals surface area contributed by atoms with Crippen LogP contribution in [0.4, 0.5) is 5.69 Å². The Labute approximate surface area is 151 Å². The average Bonchev–Trinajstić information content (AvgIpc) is 2.58. The zero-order chi connectivity index (χ0) is 17.5. The molecule has 0 saturated carbocycles. The molecular weight excluding hydrogens is 346 g/mol. The summed E-state index contributed by atoms with van der Waals surface area (Å²) in [6.45, 7) is 4.84. The molecule has 0 atom stereocenters. The Morgan fingerprint density at radius 3 is 2.54 bits per heavy atom. The lowest BCUT2D eigenvalue weighted by Crippen LogP contribution is -2.14. The minimum Gasteiger partial charge on any atom is -0.494 e. The van der Waals surface area contributed by atoms with Gasteiger partial charge in [0.25, 0.3) is 5.91 Å². The lowest BCUT2D eigenvalue weighted by Gasteiger charge is -2.14. The lowest BCUT2D eigenvalue weighted by molar-refractivity contribution is 0.102. The molecule has 0 spiro atoms. The molecule has 0 bridgehead atoms. The molecule has 24 heavy (non-hydrogen) atoms. The molecule has 2 rings (SSSR count). The molecule has 2 aromatic rings. The van der Waals surface area contributed by atoms with Crippen molar-refractivity contribution in [2.24, 2.45) is 0 Å². The van der Waals surface area contributed by atoms with E-state index < -0.39 is 0 Å². The number of anilines is 1. The molecule has 0 fully saturated rings. The second-order valence-electron chi connectivity index (χ2n) is 4.82. The number of amides is 1. The fourth-order valence-corrected chi connectivity index (χ4v) is 2.78. The second kappa shape index (κ2) is 8.85. The Hall–Kier alpha value is -1.85. The van der Waals surface area contributed by atoms with Gasteiger partial charge in [0.1, 0.15) is 11.5 Å². The maximum Gasteiger partial charge on any atom is 0.257 e. The van der Waals surface area contributed by atoms with Crippen LogP contribution in [0.3, 0.4) is 0 Å². The zero-order valence-corrected chi connectivity index (χ0v) is 15.5. The Morgan fingerprint density at radius 2 is 1.88 bits per heavy atom. The third-order valence-electron chi connectivity index (χ3n) is 3.23. The quantitative estimate of drug-likeness (QED) is 0.692. The summed E-state index contributed by atoms with van der Waals surface area (Å²) in [5.41, 5.74) is 0.978. The van der Waals surface area contributed by atoms with Gasteiger partial charge in [-0.2, -0.15) is 0 Å². The molecule has 0 heterocycles. The molecule has 0 radical (unpaired) electrons. The van der Waals surface area contributed by atoms with Crippen LogP contribution in [0.25, 0.3) is 0 Å². The lowest BCUT2D eigenvalue weighted by atomic mass is 10.2. The van der Waals surface area contributed by atoms with Crippen molar-refractivity contribution in [3.05, 3.63) is 47.0 Å². The summed E-state index contributed by atoms with van der Waals surface area (Å²) in [4.78, 5) is 13.6. The first-order valence-electron chi connectivity index (χ1n) is 7.63. The standard InChI is InChI=1S/C18H20ClNO3S/c1-4-22-12-6-9-17(23-5-2)16(10-12)20-18(21)14-11-13(24-3)7-8-15(14)19/h6-11H,4-5H2,1-3H3,(H,20,21). The van der Waals surface area contributed by atoms with Crippen LogP contribution < -0.4 is 14.8 Å². The van der Waals surface area contributed by atoms with E-state index in [0.717, 1.165) is 4.90 Å². The van der Waals surface area contributed by atoms with E-state index in [9.17, 15) is 4.79 Å². The number of thioether (sulfide) groups is 1. The predicted molar refractivity (Wildman–Crippen MR) is 100.0 cm³/mol. The molecule has 2 aromatic carbocycles. The van der Waals surface area contributed by atoms with Gasteiger partial charge in [-0.25, -0.2) is 0 Å². The van der Waals surface area contributed by atoms with Crippen molar-refractivity contribution >= 4 is 35.0 Å². The van der Waals surface area contributed by atoms with E-state index in [-0.39, 0.29) is 5.91 Å². The minimum atomic E-state index is -0.287. The molecule has 0 aliphatic rings. The van der Waals surface area contributed by atoms with Crippen molar-refractivity contribution in [2.75, 3.05) is 24.8 Å². The van der Waals surface area contributed by atoms with E-state index in [1.54, 1.807) is 36.0 Å². The van der Waals surface area contributed by atoms with Crippen molar-refractivity contribution in [3.63, 3.8) is 0 Å². The van der Waals surface area contributed by atoms with Gasteiger partial charge in [-0.05, 0) is 50.4 Å². The summed E-state index contributed by atoms with van der Waals surface area (Å²) in [5, 5.41) is 3.27. The van der Waals surface area contributed by atoms with Gasteiger partial charge >= 0.3 is 0 Å². The van der Waals surface area contributed by atoms with E-state index in [2.05, 4.69) is 5.32 Å². The molecule has 0 aliphatic carbocycles. The van der Waals surface area contributed by atoms with Crippen LogP contribution in [0.2, 0.25) is 5.02 Å². The molecule has 128 valence electrons. The van der Waals surface area contributed by atoms with Gasteiger partial charge in [0.2, 0.25) is 0 Å². The largest absolute Gasteiger partial charge is 0.494 e. The van der Waals surface area contributed by atoms with Gasteiger partial charge in [0, 0.05) is 11.0 Å². The van der Waals surface area contributed by atoms with Gasteiger partial charge in [-0.1, -0.05) is 11.6 Å². The number of rotatable bonds is 7. The summed E-state index contributed by atoms with van der Waals surface area (Å²) in [5.74, 6) is 0.970. The number of hydrogen-bond donors (Lipinski definition) is 1. The van der Waals surface area contributed by atoms with Gasteiger partial charge in [-0.3, -0.25) is 4.79 Å². The highest BCUT2D eigenvalue weighted by Gasteiger charge is 2.15. The third-order valence-corrected chi connectivity index (χ3v) is 4.28. The number of benzene rings is 2. The highest BCUT2D eigenvalue weighted by Crippen LogP contribution is 2.31. The van der Waals surface area contributed by atoms with E-state index >= 15 is 0 Å². The molecule has 0 aliphatic heterocycles. The monoisotopic (exact) mass is 365 g/mol. The van der Waals surface area contributed by atoms with Crippen LogP contribution >= 0.6 is 23.4 Å². The summed E-state index contributed by atoms with van der Waals surface area (Å²) in [6.07, 6.45) is 1.95. The first-order valence-corrected chi connectivity index (χ1v) is 9.23. The highest BCUT2D eigenvalue weighted by molar-refractivity contribution is 7.98. The summed E-state index contributed by atoms with van der Waals surface area (Å²) in [7, 11) is 0. The molecule has 1 N–H and O–H groups in total. The van der Waals surface area contributed by atoms with Crippen molar-refractivity contribution in [3.8, 4) is 11.5 Å². The van der Waals surface area contributed by atoms with Gasteiger partial charge in [0.15, 0.2) is 0 Å². The number of halogens is 1. The minimum absolute atomic E-state index is 0.287. The Morgan fingerprint density at radius 1 is 1.12 bits per heavy atom. The van der Waals surface area contributed by atoms with Gasteiger partial charge < -0.3 is 14.8 Å². The maximum absolute atomic E-state index is 12.6. The molecule has 6 heteroatoms. The Kier molecular flexibility index (Phi) is 6.82. The van der Waals surface area contributed by atoms with Crippen LogP contribution in [0.15, 0.2) is 41.3 Å². The number of ether oxygens (including phenoxy) is 2. The fraction of sp³-hybridized carbons (Fsp3) is 0.278. The first kappa shape index (κ1) is 18.5. The summed E-state index contributed by atoms with van der Waals surface area (Å²) < 4.78 is 11.1.